The van der Waals surface area contributed by atoms with E-state index in [0.29, 0.717) is 9.92 Å². The molecule has 3 rings (SSSR count). The number of fused-ring (bicyclic) bond motifs is 1. The molecule has 1 aliphatic rings. The fourth-order valence-corrected chi connectivity index (χ4v) is 3.31. The molecular formula is C14H13ClN2O6S. The Morgan fingerprint density at radius 1 is 1.17 bits per heavy atom. The molecule has 0 saturated carbocycles. The van der Waals surface area contributed by atoms with Crippen molar-refractivity contribution in [3.8, 4) is 17.5 Å². The van der Waals surface area contributed by atoms with Gasteiger partial charge in [0.1, 0.15) is 11.4 Å². The van der Waals surface area contributed by atoms with Crippen molar-refractivity contribution in [1.29, 1.82) is 0 Å². The molecule has 0 amide bonds. The van der Waals surface area contributed by atoms with Crippen LogP contribution in [0.5, 0.6) is 17.5 Å². The van der Waals surface area contributed by atoms with Crippen LogP contribution in [0.4, 0.5) is 0 Å². The molecule has 24 heavy (non-hydrogen) atoms. The number of thioether (sulfide) groups is 1. The first kappa shape index (κ1) is 17.1. The quantitative estimate of drug-likeness (QED) is 0.681. The number of methoxy groups -OCH3 is 2. The standard InChI is InChI=1S/C14H13ClN2O6S/c1-21-11-12(22-2)17-10(6-16-11)13(18)14(19,20)23-8-5-7(15)3-4-9(8)24-13/h3-6,18-20H,1-2H3. The number of rotatable bonds is 3. The Hall–Kier alpha value is -1.78. The zero-order chi connectivity index (χ0) is 17.5. The van der Waals surface area contributed by atoms with Crippen LogP contribution in [-0.2, 0) is 4.93 Å². The third-order valence-corrected chi connectivity index (χ3v) is 4.86. The van der Waals surface area contributed by atoms with E-state index in [2.05, 4.69) is 9.97 Å². The molecular weight excluding hydrogens is 360 g/mol. The first-order chi connectivity index (χ1) is 11.3. The van der Waals surface area contributed by atoms with Crippen molar-refractivity contribution < 1.29 is 29.5 Å². The van der Waals surface area contributed by atoms with Gasteiger partial charge in [-0.1, -0.05) is 23.4 Å². The molecule has 1 aromatic heterocycles. The maximum Gasteiger partial charge on any atom is 0.369 e. The van der Waals surface area contributed by atoms with Crippen molar-refractivity contribution in [2.45, 2.75) is 15.8 Å². The number of hydrogen-bond acceptors (Lipinski definition) is 9. The molecule has 1 unspecified atom stereocenters. The van der Waals surface area contributed by atoms with Crippen molar-refractivity contribution in [3.05, 3.63) is 35.1 Å². The molecule has 0 fully saturated rings. The Morgan fingerprint density at radius 2 is 1.88 bits per heavy atom. The second-order valence-electron chi connectivity index (χ2n) is 4.82. The molecule has 0 bridgehead atoms. The predicted molar refractivity (Wildman–Crippen MR) is 84.1 cm³/mol. The number of hydrogen-bond donors (Lipinski definition) is 3. The Bertz CT molecular complexity index is 790. The monoisotopic (exact) mass is 372 g/mol. The third-order valence-electron chi connectivity index (χ3n) is 3.30. The van der Waals surface area contributed by atoms with Crippen LogP contribution >= 0.6 is 23.4 Å². The number of ether oxygens (including phenoxy) is 3. The van der Waals surface area contributed by atoms with E-state index >= 15 is 0 Å². The van der Waals surface area contributed by atoms with E-state index in [1.54, 1.807) is 12.1 Å². The maximum atomic E-state index is 10.9. The predicted octanol–water partition coefficient (Wildman–Crippen LogP) is 1.12. The van der Waals surface area contributed by atoms with Gasteiger partial charge >= 0.3 is 5.97 Å². The SMILES string of the molecule is COc1ncc(C2(O)Sc3ccc(Cl)cc3OC2(O)O)nc1OC. The van der Waals surface area contributed by atoms with E-state index in [0.717, 1.165) is 18.0 Å². The average molecular weight is 373 g/mol. The van der Waals surface area contributed by atoms with Crippen LogP contribution in [0.1, 0.15) is 5.69 Å². The average Bonchev–Trinajstić information content (AvgIpc) is 2.55. The van der Waals surface area contributed by atoms with Crippen LogP contribution in [0.3, 0.4) is 0 Å². The van der Waals surface area contributed by atoms with Gasteiger partial charge in [-0.05, 0) is 12.1 Å². The minimum Gasteiger partial charge on any atom is -0.477 e. The van der Waals surface area contributed by atoms with Gasteiger partial charge in [-0.2, -0.15) is 0 Å². The van der Waals surface area contributed by atoms with Gasteiger partial charge in [-0.3, -0.25) is 0 Å². The first-order valence-electron chi connectivity index (χ1n) is 6.61. The molecule has 0 spiro atoms. The largest absolute Gasteiger partial charge is 0.477 e. The lowest BCUT2D eigenvalue weighted by molar-refractivity contribution is -0.356. The van der Waals surface area contributed by atoms with E-state index in [-0.39, 0.29) is 23.2 Å². The summed E-state index contributed by atoms with van der Waals surface area (Å²) in [5.74, 6) is -2.80. The maximum absolute atomic E-state index is 10.9. The van der Waals surface area contributed by atoms with Crippen LogP contribution in [0, 0.1) is 0 Å². The minimum atomic E-state index is -2.98. The lowest BCUT2D eigenvalue weighted by Gasteiger charge is -2.41. The molecule has 0 saturated heterocycles. The highest BCUT2D eigenvalue weighted by molar-refractivity contribution is 8.00. The summed E-state index contributed by atoms with van der Waals surface area (Å²) in [4.78, 5) is 6.06. The molecule has 3 N–H and O–H groups in total. The lowest BCUT2D eigenvalue weighted by Crippen LogP contribution is -2.56. The van der Waals surface area contributed by atoms with Crippen LogP contribution in [0.25, 0.3) is 0 Å². The molecule has 1 aliphatic heterocycles. The highest BCUT2D eigenvalue weighted by atomic mass is 35.5. The fraction of sp³-hybridized carbons (Fsp3) is 0.286. The van der Waals surface area contributed by atoms with Gasteiger partial charge in [0.05, 0.1) is 25.3 Å². The van der Waals surface area contributed by atoms with E-state index < -0.39 is 10.9 Å². The van der Waals surface area contributed by atoms with E-state index in [4.69, 9.17) is 25.8 Å². The molecule has 1 atom stereocenters. The second kappa shape index (κ2) is 5.94. The molecule has 1 aromatic carbocycles. The summed E-state index contributed by atoms with van der Waals surface area (Å²) in [7, 11) is 2.72. The van der Waals surface area contributed by atoms with Crippen molar-refractivity contribution in [1.82, 2.24) is 9.97 Å². The molecule has 10 heteroatoms. The third kappa shape index (κ3) is 2.64. The highest BCUT2D eigenvalue weighted by Gasteiger charge is 2.59. The van der Waals surface area contributed by atoms with Gasteiger partial charge in [-0.15, -0.1) is 0 Å². The molecule has 2 aromatic rings. The van der Waals surface area contributed by atoms with Crippen LogP contribution in [0.15, 0.2) is 29.3 Å². The van der Waals surface area contributed by atoms with Gasteiger partial charge in [0.25, 0.3) is 16.7 Å². The Balaban J connectivity index is 2.10. The smallest absolute Gasteiger partial charge is 0.369 e. The Morgan fingerprint density at radius 3 is 2.54 bits per heavy atom. The van der Waals surface area contributed by atoms with Crippen LogP contribution < -0.4 is 14.2 Å². The molecule has 8 nitrogen and oxygen atoms in total. The van der Waals surface area contributed by atoms with Crippen LogP contribution in [-0.4, -0.2) is 45.5 Å². The number of halogens is 1. The van der Waals surface area contributed by atoms with Crippen molar-refractivity contribution in [3.63, 3.8) is 0 Å². The summed E-state index contributed by atoms with van der Waals surface area (Å²) in [5.41, 5.74) is -0.184. The van der Waals surface area contributed by atoms with Gasteiger partial charge in [-0.25, -0.2) is 9.97 Å². The summed E-state index contributed by atoms with van der Waals surface area (Å²) in [6, 6.07) is 4.57. The van der Waals surface area contributed by atoms with Gasteiger partial charge in [0, 0.05) is 11.1 Å². The van der Waals surface area contributed by atoms with Crippen molar-refractivity contribution >= 4 is 23.4 Å². The molecule has 128 valence electrons. The summed E-state index contributed by atoms with van der Waals surface area (Å²) in [6.07, 6.45) is 1.14. The Labute approximate surface area is 146 Å². The normalized spacial score (nSPS) is 21.6. The lowest BCUT2D eigenvalue weighted by atomic mass is 10.2. The minimum absolute atomic E-state index is 0.0262. The van der Waals surface area contributed by atoms with Crippen LogP contribution in [0.2, 0.25) is 5.02 Å². The molecule has 2 heterocycles. The summed E-state index contributed by atoms with van der Waals surface area (Å²) in [6.45, 7) is 0. The molecule has 0 aliphatic carbocycles. The topological polar surface area (TPSA) is 114 Å². The Kier molecular flexibility index (Phi) is 4.22. The number of benzene rings is 1. The van der Waals surface area contributed by atoms with Gasteiger partial charge < -0.3 is 29.5 Å². The zero-order valence-corrected chi connectivity index (χ0v) is 14.1. The van der Waals surface area contributed by atoms with E-state index in [1.165, 1.54) is 20.3 Å². The summed E-state index contributed by atoms with van der Waals surface area (Å²) < 4.78 is 15.1. The van der Waals surface area contributed by atoms with Crippen molar-refractivity contribution in [2.24, 2.45) is 0 Å². The zero-order valence-electron chi connectivity index (χ0n) is 12.6. The summed E-state index contributed by atoms with van der Waals surface area (Å²) in [5, 5.41) is 31.7. The van der Waals surface area contributed by atoms with E-state index in [1.807, 2.05) is 0 Å². The fourth-order valence-electron chi connectivity index (χ4n) is 2.11. The number of aliphatic hydroxyl groups is 3. The first-order valence-corrected chi connectivity index (χ1v) is 7.80. The van der Waals surface area contributed by atoms with Gasteiger partial charge in [0.15, 0.2) is 0 Å². The number of aromatic nitrogens is 2. The highest BCUT2D eigenvalue weighted by Crippen LogP contribution is 2.53. The van der Waals surface area contributed by atoms with E-state index in [9.17, 15) is 15.3 Å². The number of nitrogens with zero attached hydrogens (tertiary/aromatic N) is 2. The second-order valence-corrected chi connectivity index (χ2v) is 6.49. The summed E-state index contributed by atoms with van der Waals surface area (Å²) >= 11 is 6.60. The van der Waals surface area contributed by atoms with Crippen molar-refractivity contribution in [2.75, 3.05) is 14.2 Å². The van der Waals surface area contributed by atoms with Gasteiger partial charge in [0.2, 0.25) is 0 Å². The molecule has 0 radical (unpaired) electrons.